The molecule has 0 saturated carbocycles. The van der Waals surface area contributed by atoms with Crippen molar-refractivity contribution >= 4 is 5.97 Å². The summed E-state index contributed by atoms with van der Waals surface area (Å²) in [6.07, 6.45) is 1.89. The molecule has 0 aliphatic rings. The third-order valence-electron chi connectivity index (χ3n) is 2.41. The van der Waals surface area contributed by atoms with E-state index in [0.717, 1.165) is 22.4 Å². The number of carboxylic acids is 1. The molecule has 0 unspecified atom stereocenters. The first-order valence-corrected chi connectivity index (χ1v) is 4.98. The summed E-state index contributed by atoms with van der Waals surface area (Å²) in [7, 11) is 0. The topological polar surface area (TPSA) is 66.0 Å². The van der Waals surface area contributed by atoms with Gasteiger partial charge < -0.3 is 5.11 Å². The molecule has 0 aliphatic heterocycles. The van der Waals surface area contributed by atoms with Crippen molar-refractivity contribution in [1.29, 1.82) is 0 Å². The summed E-state index contributed by atoms with van der Waals surface area (Å²) in [5.41, 5.74) is 3.77. The van der Waals surface area contributed by atoms with Crippen LogP contribution in [0.3, 0.4) is 0 Å². The number of carbonyl (C=O) groups is 1. The maximum atomic E-state index is 10.5. The van der Waals surface area contributed by atoms with Crippen molar-refractivity contribution in [2.75, 3.05) is 0 Å². The number of hydrogen-bond acceptors (Lipinski definition) is 2. The van der Waals surface area contributed by atoms with Gasteiger partial charge >= 0.3 is 5.97 Å². The summed E-state index contributed by atoms with van der Waals surface area (Å²) in [5, 5.41) is 15.6. The molecular formula is C12H12N2O2. The van der Waals surface area contributed by atoms with Crippen LogP contribution in [0.2, 0.25) is 0 Å². The van der Waals surface area contributed by atoms with E-state index in [1.165, 1.54) is 0 Å². The first-order chi connectivity index (χ1) is 7.66. The van der Waals surface area contributed by atoms with Crippen molar-refractivity contribution in [1.82, 2.24) is 10.2 Å². The van der Waals surface area contributed by atoms with E-state index in [-0.39, 0.29) is 6.42 Å². The van der Waals surface area contributed by atoms with E-state index in [9.17, 15) is 4.79 Å². The quantitative estimate of drug-likeness (QED) is 0.824. The summed E-state index contributed by atoms with van der Waals surface area (Å²) in [5.74, 6) is -0.816. The minimum atomic E-state index is -0.816. The molecule has 0 radical (unpaired) electrons. The third-order valence-corrected chi connectivity index (χ3v) is 2.41. The molecule has 1 aromatic carbocycles. The maximum absolute atomic E-state index is 10.5. The number of aryl methyl sites for hydroxylation is 1. The number of benzene rings is 1. The van der Waals surface area contributed by atoms with Gasteiger partial charge in [-0.2, -0.15) is 5.10 Å². The molecule has 1 heterocycles. The highest BCUT2D eigenvalue weighted by atomic mass is 16.4. The summed E-state index contributed by atoms with van der Waals surface area (Å²) >= 11 is 0. The Morgan fingerprint density at radius 2 is 2.06 bits per heavy atom. The fraction of sp³-hybridized carbons (Fsp3) is 0.167. The molecule has 0 spiro atoms. The van der Waals surface area contributed by atoms with Crippen LogP contribution in [-0.2, 0) is 11.2 Å². The zero-order valence-electron chi connectivity index (χ0n) is 8.90. The van der Waals surface area contributed by atoms with Crippen LogP contribution in [0.25, 0.3) is 11.3 Å². The Balaban J connectivity index is 2.26. The van der Waals surface area contributed by atoms with Gasteiger partial charge in [-0.15, -0.1) is 0 Å². The monoisotopic (exact) mass is 216 g/mol. The molecule has 2 N–H and O–H groups in total. The Morgan fingerprint density at radius 3 is 2.56 bits per heavy atom. The molecule has 0 atom stereocenters. The van der Waals surface area contributed by atoms with Gasteiger partial charge in [0, 0.05) is 11.8 Å². The van der Waals surface area contributed by atoms with Crippen molar-refractivity contribution in [2.45, 2.75) is 13.3 Å². The van der Waals surface area contributed by atoms with E-state index in [0.29, 0.717) is 0 Å². The van der Waals surface area contributed by atoms with Gasteiger partial charge in [-0.3, -0.25) is 9.89 Å². The Hall–Kier alpha value is -2.10. The number of hydrogen-bond donors (Lipinski definition) is 2. The van der Waals surface area contributed by atoms with Crippen LogP contribution in [0.5, 0.6) is 0 Å². The predicted octanol–water partition coefficient (Wildman–Crippen LogP) is 2.01. The van der Waals surface area contributed by atoms with Gasteiger partial charge in [0.1, 0.15) is 0 Å². The summed E-state index contributed by atoms with van der Waals surface area (Å²) in [4.78, 5) is 10.5. The first kappa shape index (κ1) is 10.4. The van der Waals surface area contributed by atoms with Crippen LogP contribution in [0.15, 0.2) is 30.5 Å². The smallest absolute Gasteiger partial charge is 0.307 e. The molecule has 2 rings (SSSR count). The fourth-order valence-electron chi connectivity index (χ4n) is 1.60. The van der Waals surface area contributed by atoms with E-state index in [1.807, 2.05) is 37.4 Å². The van der Waals surface area contributed by atoms with Crippen LogP contribution in [0, 0.1) is 6.92 Å². The number of rotatable bonds is 3. The van der Waals surface area contributed by atoms with E-state index >= 15 is 0 Å². The lowest BCUT2D eigenvalue weighted by molar-refractivity contribution is -0.136. The highest BCUT2D eigenvalue weighted by Crippen LogP contribution is 2.20. The Labute approximate surface area is 92.9 Å². The highest BCUT2D eigenvalue weighted by molar-refractivity contribution is 5.71. The lowest BCUT2D eigenvalue weighted by Crippen LogP contribution is -1.99. The van der Waals surface area contributed by atoms with Crippen molar-refractivity contribution in [3.8, 4) is 11.3 Å². The third kappa shape index (κ3) is 2.11. The minimum Gasteiger partial charge on any atom is -0.481 e. The van der Waals surface area contributed by atoms with Crippen molar-refractivity contribution in [3.63, 3.8) is 0 Å². The zero-order valence-corrected chi connectivity index (χ0v) is 8.90. The van der Waals surface area contributed by atoms with E-state index < -0.39 is 5.97 Å². The van der Waals surface area contributed by atoms with Crippen molar-refractivity contribution < 1.29 is 9.90 Å². The number of H-pyrrole nitrogens is 1. The average Bonchev–Trinajstić information content (AvgIpc) is 2.65. The van der Waals surface area contributed by atoms with Gasteiger partial charge in [0.2, 0.25) is 0 Å². The Kier molecular flexibility index (Phi) is 2.72. The number of nitrogens with zero attached hydrogens (tertiary/aromatic N) is 1. The maximum Gasteiger partial charge on any atom is 0.307 e. The second-order valence-electron chi connectivity index (χ2n) is 3.68. The number of aromatic nitrogens is 2. The van der Waals surface area contributed by atoms with Gasteiger partial charge in [-0.1, -0.05) is 24.3 Å². The van der Waals surface area contributed by atoms with Gasteiger partial charge in [-0.25, -0.2) is 0 Å². The van der Waals surface area contributed by atoms with Crippen LogP contribution in [0.1, 0.15) is 11.1 Å². The molecule has 1 aromatic heterocycles. The Morgan fingerprint density at radius 1 is 1.38 bits per heavy atom. The molecule has 0 bridgehead atoms. The minimum absolute atomic E-state index is 0.0554. The molecule has 0 fully saturated rings. The molecular weight excluding hydrogens is 204 g/mol. The number of aromatic amines is 1. The molecule has 0 aliphatic carbocycles. The molecule has 0 saturated heterocycles. The molecule has 16 heavy (non-hydrogen) atoms. The number of aliphatic carboxylic acids is 1. The van der Waals surface area contributed by atoms with Crippen molar-refractivity contribution in [3.05, 3.63) is 41.6 Å². The number of nitrogens with one attached hydrogen (secondary N) is 1. The average molecular weight is 216 g/mol. The second kappa shape index (κ2) is 4.18. The van der Waals surface area contributed by atoms with E-state index in [4.69, 9.17) is 5.11 Å². The fourth-order valence-corrected chi connectivity index (χ4v) is 1.60. The zero-order chi connectivity index (χ0) is 11.5. The summed E-state index contributed by atoms with van der Waals surface area (Å²) in [6.45, 7) is 1.98. The van der Waals surface area contributed by atoms with Crippen LogP contribution >= 0.6 is 0 Å². The van der Waals surface area contributed by atoms with Gasteiger partial charge in [0.15, 0.2) is 0 Å². The number of carboxylic acid groups (broad SMARTS) is 1. The van der Waals surface area contributed by atoms with Crippen LogP contribution in [0.4, 0.5) is 0 Å². The molecule has 4 nitrogen and oxygen atoms in total. The van der Waals surface area contributed by atoms with E-state index in [2.05, 4.69) is 10.2 Å². The predicted molar refractivity (Wildman–Crippen MR) is 60.1 cm³/mol. The van der Waals surface area contributed by atoms with Crippen LogP contribution < -0.4 is 0 Å². The molecule has 4 heteroatoms. The first-order valence-electron chi connectivity index (χ1n) is 4.98. The van der Waals surface area contributed by atoms with Crippen LogP contribution in [-0.4, -0.2) is 21.3 Å². The molecule has 0 amide bonds. The highest BCUT2D eigenvalue weighted by Gasteiger charge is 2.05. The second-order valence-corrected chi connectivity index (χ2v) is 3.68. The van der Waals surface area contributed by atoms with E-state index in [1.54, 1.807) is 0 Å². The SMILES string of the molecule is Cc1c[nH]nc1-c1ccc(CC(=O)O)cc1. The van der Waals surface area contributed by atoms with Gasteiger partial charge in [0.25, 0.3) is 0 Å². The lowest BCUT2D eigenvalue weighted by atomic mass is 10.1. The summed E-state index contributed by atoms with van der Waals surface area (Å²) in [6, 6.07) is 7.41. The Bertz CT molecular complexity index is 500. The largest absolute Gasteiger partial charge is 0.481 e. The molecule has 2 aromatic rings. The molecule has 82 valence electrons. The lowest BCUT2D eigenvalue weighted by Gasteiger charge is -2.00. The summed E-state index contributed by atoms with van der Waals surface area (Å²) < 4.78 is 0. The van der Waals surface area contributed by atoms with Crippen molar-refractivity contribution in [2.24, 2.45) is 0 Å². The van der Waals surface area contributed by atoms with Gasteiger partial charge in [-0.05, 0) is 18.1 Å². The standard InChI is InChI=1S/C12H12N2O2/c1-8-7-13-14-12(8)10-4-2-9(3-5-10)6-11(15)16/h2-5,7H,6H2,1H3,(H,13,14)(H,15,16). The van der Waals surface area contributed by atoms with Gasteiger partial charge in [0.05, 0.1) is 12.1 Å². The normalized spacial score (nSPS) is 10.3.